The summed E-state index contributed by atoms with van der Waals surface area (Å²) in [7, 11) is 0. The Morgan fingerprint density at radius 1 is 1.40 bits per heavy atom. The van der Waals surface area contributed by atoms with Crippen molar-refractivity contribution in [1.82, 2.24) is 10.1 Å². The Kier molecular flexibility index (Phi) is 2.93. The fourth-order valence-electron chi connectivity index (χ4n) is 1.27. The zero-order valence-corrected chi connectivity index (χ0v) is 9.51. The maximum Gasteiger partial charge on any atom is 0.138 e. The number of aromatic nitrogens is 2. The van der Waals surface area contributed by atoms with Crippen molar-refractivity contribution in [2.45, 2.75) is 12.8 Å². The highest BCUT2D eigenvalue weighted by molar-refractivity contribution is 6.30. The van der Waals surface area contributed by atoms with Crippen LogP contribution in [0.1, 0.15) is 11.3 Å². The number of aryl methyl sites for hydroxylation is 1. The lowest BCUT2D eigenvalue weighted by Crippen LogP contribution is -1.87. The molecule has 0 aliphatic carbocycles. The van der Waals surface area contributed by atoms with Crippen LogP contribution in [0, 0.1) is 6.92 Å². The Morgan fingerprint density at radius 3 is 2.80 bits per heavy atom. The molecule has 0 aliphatic rings. The highest BCUT2D eigenvalue weighted by Gasteiger charge is 2.14. The van der Waals surface area contributed by atoms with E-state index in [2.05, 4.69) is 10.1 Å². The smallest absolute Gasteiger partial charge is 0.138 e. The lowest BCUT2D eigenvalue weighted by atomic mass is 10.1. The Morgan fingerprint density at radius 2 is 2.20 bits per heavy atom. The Labute approximate surface area is 97.0 Å². The number of hydrogen-bond donors (Lipinski definition) is 0. The van der Waals surface area contributed by atoms with Crippen molar-refractivity contribution in [1.29, 1.82) is 0 Å². The fourth-order valence-corrected chi connectivity index (χ4v) is 1.69. The standard InChI is InChI=1S/C10H8Cl2N2O/c1-6-8(4-11)10(14-15-6)9-3-2-7(12)5-13-9/h2-3,5H,4H2,1H3. The topological polar surface area (TPSA) is 38.9 Å². The summed E-state index contributed by atoms with van der Waals surface area (Å²) in [5.74, 6) is 1.08. The van der Waals surface area contributed by atoms with E-state index in [1.165, 1.54) is 0 Å². The van der Waals surface area contributed by atoms with Crippen molar-refractivity contribution in [2.75, 3.05) is 0 Å². The number of rotatable bonds is 2. The van der Waals surface area contributed by atoms with Crippen molar-refractivity contribution in [3.05, 3.63) is 34.7 Å². The molecule has 0 radical (unpaired) electrons. The van der Waals surface area contributed by atoms with Gasteiger partial charge in [-0.15, -0.1) is 11.6 Å². The van der Waals surface area contributed by atoms with Crippen LogP contribution in [0.2, 0.25) is 5.02 Å². The van der Waals surface area contributed by atoms with Crippen LogP contribution in [0.25, 0.3) is 11.4 Å². The van der Waals surface area contributed by atoms with Gasteiger partial charge < -0.3 is 4.52 Å². The predicted octanol–water partition coefficient (Wildman–Crippen LogP) is 3.44. The van der Waals surface area contributed by atoms with Gasteiger partial charge in [0.2, 0.25) is 0 Å². The summed E-state index contributed by atoms with van der Waals surface area (Å²) in [6, 6.07) is 3.54. The number of pyridine rings is 1. The van der Waals surface area contributed by atoms with Crippen LogP contribution in [-0.4, -0.2) is 10.1 Å². The summed E-state index contributed by atoms with van der Waals surface area (Å²) in [6.07, 6.45) is 1.57. The third kappa shape index (κ3) is 1.98. The van der Waals surface area contributed by atoms with Gasteiger partial charge in [0.15, 0.2) is 0 Å². The molecule has 0 atom stereocenters. The molecule has 0 aromatic carbocycles. The molecule has 3 nitrogen and oxygen atoms in total. The zero-order valence-electron chi connectivity index (χ0n) is 8.00. The van der Waals surface area contributed by atoms with Gasteiger partial charge in [0.1, 0.15) is 11.5 Å². The first-order chi connectivity index (χ1) is 7.22. The zero-order chi connectivity index (χ0) is 10.8. The molecular formula is C10H8Cl2N2O. The van der Waals surface area contributed by atoms with Crippen LogP contribution in [0.15, 0.2) is 22.9 Å². The second kappa shape index (κ2) is 4.21. The van der Waals surface area contributed by atoms with Gasteiger partial charge >= 0.3 is 0 Å². The Bertz CT molecular complexity index is 465. The van der Waals surface area contributed by atoms with Gasteiger partial charge in [-0.1, -0.05) is 16.8 Å². The second-order valence-electron chi connectivity index (χ2n) is 3.06. The summed E-state index contributed by atoms with van der Waals surface area (Å²) in [5, 5.41) is 4.51. The van der Waals surface area contributed by atoms with E-state index in [9.17, 15) is 0 Å². The van der Waals surface area contributed by atoms with E-state index < -0.39 is 0 Å². The van der Waals surface area contributed by atoms with Gasteiger partial charge in [0.05, 0.1) is 16.6 Å². The maximum atomic E-state index is 5.81. The minimum atomic E-state index is 0.356. The van der Waals surface area contributed by atoms with E-state index in [1.807, 2.05) is 6.92 Å². The molecule has 2 aromatic heterocycles. The molecule has 0 bridgehead atoms. The summed E-state index contributed by atoms with van der Waals surface area (Å²) in [6.45, 7) is 1.82. The highest BCUT2D eigenvalue weighted by atomic mass is 35.5. The van der Waals surface area contributed by atoms with Gasteiger partial charge in [-0.25, -0.2) is 0 Å². The van der Waals surface area contributed by atoms with E-state index in [-0.39, 0.29) is 0 Å². The molecule has 0 unspecified atom stereocenters. The summed E-state index contributed by atoms with van der Waals surface area (Å²) in [5.41, 5.74) is 2.26. The van der Waals surface area contributed by atoms with E-state index in [4.69, 9.17) is 27.7 Å². The van der Waals surface area contributed by atoms with Crippen molar-refractivity contribution in [3.8, 4) is 11.4 Å². The van der Waals surface area contributed by atoms with Gasteiger partial charge in [0.25, 0.3) is 0 Å². The molecule has 0 fully saturated rings. The van der Waals surface area contributed by atoms with E-state index >= 15 is 0 Å². The monoisotopic (exact) mass is 242 g/mol. The third-order valence-electron chi connectivity index (χ3n) is 2.09. The molecule has 0 spiro atoms. The van der Waals surface area contributed by atoms with Crippen LogP contribution < -0.4 is 0 Å². The molecule has 0 N–H and O–H groups in total. The van der Waals surface area contributed by atoms with Crippen molar-refractivity contribution < 1.29 is 4.52 Å². The minimum absolute atomic E-state index is 0.356. The first-order valence-corrected chi connectivity index (χ1v) is 5.26. The van der Waals surface area contributed by atoms with Crippen LogP contribution >= 0.6 is 23.2 Å². The fraction of sp³-hybridized carbons (Fsp3) is 0.200. The van der Waals surface area contributed by atoms with Gasteiger partial charge in [0, 0.05) is 11.8 Å². The van der Waals surface area contributed by atoms with E-state index in [1.54, 1.807) is 18.3 Å². The lowest BCUT2D eigenvalue weighted by Gasteiger charge is -1.97. The van der Waals surface area contributed by atoms with Crippen LogP contribution in [0.3, 0.4) is 0 Å². The molecule has 0 saturated heterocycles. The SMILES string of the molecule is Cc1onc(-c2ccc(Cl)cn2)c1CCl. The van der Waals surface area contributed by atoms with Crippen LogP contribution in [0.4, 0.5) is 0 Å². The molecule has 78 valence electrons. The lowest BCUT2D eigenvalue weighted by molar-refractivity contribution is 0.398. The summed E-state index contributed by atoms with van der Waals surface area (Å²) >= 11 is 11.6. The molecule has 0 saturated carbocycles. The van der Waals surface area contributed by atoms with Gasteiger partial charge in [-0.2, -0.15) is 0 Å². The average molecular weight is 243 g/mol. The third-order valence-corrected chi connectivity index (χ3v) is 2.58. The second-order valence-corrected chi connectivity index (χ2v) is 3.76. The quantitative estimate of drug-likeness (QED) is 0.758. The van der Waals surface area contributed by atoms with E-state index in [0.717, 1.165) is 11.3 Å². The van der Waals surface area contributed by atoms with Crippen LogP contribution in [0.5, 0.6) is 0 Å². The number of halogens is 2. The number of nitrogens with zero attached hydrogens (tertiary/aromatic N) is 2. The largest absolute Gasteiger partial charge is 0.361 e. The Balaban J connectivity index is 2.49. The first kappa shape index (κ1) is 10.5. The van der Waals surface area contributed by atoms with Crippen LogP contribution in [-0.2, 0) is 5.88 Å². The molecule has 15 heavy (non-hydrogen) atoms. The predicted molar refractivity (Wildman–Crippen MR) is 59.0 cm³/mol. The molecule has 2 rings (SSSR count). The minimum Gasteiger partial charge on any atom is -0.361 e. The summed E-state index contributed by atoms with van der Waals surface area (Å²) in [4.78, 5) is 4.16. The van der Waals surface area contributed by atoms with Gasteiger partial charge in [-0.3, -0.25) is 4.98 Å². The molecule has 0 aliphatic heterocycles. The number of alkyl halides is 1. The van der Waals surface area contributed by atoms with Crippen molar-refractivity contribution >= 4 is 23.2 Å². The maximum absolute atomic E-state index is 5.81. The van der Waals surface area contributed by atoms with E-state index in [0.29, 0.717) is 22.3 Å². The molecule has 2 aromatic rings. The molecule has 2 heterocycles. The molecule has 5 heteroatoms. The number of hydrogen-bond acceptors (Lipinski definition) is 3. The van der Waals surface area contributed by atoms with Crippen molar-refractivity contribution in [3.63, 3.8) is 0 Å². The Hall–Kier alpha value is -1.06. The molecular weight excluding hydrogens is 235 g/mol. The van der Waals surface area contributed by atoms with Crippen molar-refractivity contribution in [2.24, 2.45) is 0 Å². The average Bonchev–Trinajstić information content (AvgIpc) is 2.61. The highest BCUT2D eigenvalue weighted by Crippen LogP contribution is 2.25. The molecule has 0 amide bonds. The van der Waals surface area contributed by atoms with Gasteiger partial charge in [-0.05, 0) is 19.1 Å². The first-order valence-electron chi connectivity index (χ1n) is 4.35. The normalized spacial score (nSPS) is 10.6. The summed E-state index contributed by atoms with van der Waals surface area (Å²) < 4.78 is 5.06.